The van der Waals surface area contributed by atoms with Crippen molar-refractivity contribution in [3.05, 3.63) is 34.9 Å². The topological polar surface area (TPSA) is 67.8 Å². The van der Waals surface area contributed by atoms with E-state index in [0.29, 0.717) is 0 Å². The Morgan fingerprint density at radius 3 is 2.87 bits per heavy atom. The van der Waals surface area contributed by atoms with Crippen molar-refractivity contribution in [1.29, 1.82) is 0 Å². The Bertz CT molecular complexity index is 387. The molecule has 0 unspecified atom stereocenters. The van der Waals surface area contributed by atoms with Crippen LogP contribution in [-0.4, -0.2) is 5.97 Å². The molecule has 2 rings (SSSR count). The molecule has 3 N–H and O–H groups in total. The van der Waals surface area contributed by atoms with Crippen LogP contribution in [0.1, 0.15) is 35.6 Å². The van der Waals surface area contributed by atoms with E-state index in [0.717, 1.165) is 18.4 Å². The second kappa shape index (κ2) is 4.03. The third-order valence-corrected chi connectivity index (χ3v) is 3.01. The molecule has 0 saturated heterocycles. The second-order valence-electron chi connectivity index (χ2n) is 4.15. The number of aryl methyl sites for hydroxylation is 2. The number of carboxylic acid groups (broad SMARTS) is 1. The summed E-state index contributed by atoms with van der Waals surface area (Å²) in [6, 6.07) is 6.00. The van der Waals surface area contributed by atoms with Gasteiger partial charge in [-0.2, -0.15) is 0 Å². The van der Waals surface area contributed by atoms with Gasteiger partial charge in [0.1, 0.15) is 6.04 Å². The molecule has 0 radical (unpaired) electrons. The average Bonchev–Trinajstić information content (AvgIpc) is 2.62. The summed E-state index contributed by atoms with van der Waals surface area (Å²) in [5, 5.41) is 10.5. The highest BCUT2D eigenvalue weighted by molar-refractivity contribution is 5.65. The van der Waals surface area contributed by atoms with Crippen molar-refractivity contribution in [1.82, 2.24) is 0 Å². The third kappa shape index (κ3) is 2.18. The molecular weight excluding hydrogens is 190 g/mol. The Morgan fingerprint density at radius 2 is 2.13 bits per heavy atom. The molecule has 0 bridgehead atoms. The van der Waals surface area contributed by atoms with Crippen molar-refractivity contribution in [2.45, 2.75) is 31.7 Å². The number of hydrogen-bond acceptors (Lipinski definition) is 2. The summed E-state index contributed by atoms with van der Waals surface area (Å²) in [7, 11) is 0. The van der Waals surface area contributed by atoms with Crippen LogP contribution in [0.4, 0.5) is 0 Å². The van der Waals surface area contributed by atoms with Crippen LogP contribution in [0.3, 0.4) is 0 Å². The van der Waals surface area contributed by atoms with Crippen LogP contribution in [0.5, 0.6) is 0 Å². The van der Waals surface area contributed by atoms with Gasteiger partial charge in [0.25, 0.3) is 0 Å². The molecular formula is C12H15NO2. The van der Waals surface area contributed by atoms with Crippen molar-refractivity contribution in [2.75, 3.05) is 0 Å². The Morgan fingerprint density at radius 1 is 1.40 bits per heavy atom. The van der Waals surface area contributed by atoms with Crippen LogP contribution in [0.2, 0.25) is 0 Å². The van der Waals surface area contributed by atoms with Gasteiger partial charge >= 0.3 is 0 Å². The minimum Gasteiger partial charge on any atom is -0.550 e. The fourth-order valence-electron chi connectivity index (χ4n) is 2.16. The molecule has 15 heavy (non-hydrogen) atoms. The Hall–Kier alpha value is -1.35. The summed E-state index contributed by atoms with van der Waals surface area (Å²) >= 11 is 0. The molecule has 0 saturated carbocycles. The molecule has 1 aliphatic rings. The highest BCUT2D eigenvalue weighted by atomic mass is 16.4. The standard InChI is InChI=1S/C12H15NO2/c13-11(7-12(14)15)10-5-4-8-2-1-3-9(8)6-10/h4-6,11H,1-3,7,13H2,(H,14,15)/t11-/m0/s1. The molecule has 0 heterocycles. The van der Waals surface area contributed by atoms with E-state index in [1.807, 2.05) is 6.07 Å². The fourth-order valence-corrected chi connectivity index (χ4v) is 2.16. The van der Waals surface area contributed by atoms with E-state index in [2.05, 4.69) is 17.9 Å². The highest BCUT2D eigenvalue weighted by Crippen LogP contribution is 2.24. The predicted molar refractivity (Wildman–Crippen MR) is 53.7 cm³/mol. The lowest BCUT2D eigenvalue weighted by Crippen LogP contribution is -2.55. The van der Waals surface area contributed by atoms with Gasteiger partial charge in [-0.1, -0.05) is 12.1 Å². The number of quaternary nitrogens is 1. The van der Waals surface area contributed by atoms with E-state index in [-0.39, 0.29) is 12.5 Å². The lowest BCUT2D eigenvalue weighted by molar-refractivity contribution is -0.430. The van der Waals surface area contributed by atoms with Crippen LogP contribution in [0.25, 0.3) is 0 Å². The van der Waals surface area contributed by atoms with Gasteiger partial charge in [0.05, 0.1) is 0 Å². The first-order valence-corrected chi connectivity index (χ1v) is 5.31. The maximum Gasteiger partial charge on any atom is 0.115 e. The van der Waals surface area contributed by atoms with E-state index in [4.69, 9.17) is 0 Å². The molecule has 3 nitrogen and oxygen atoms in total. The Labute approximate surface area is 88.9 Å². The zero-order chi connectivity index (χ0) is 10.8. The number of aliphatic carboxylic acids is 1. The summed E-state index contributed by atoms with van der Waals surface area (Å²) in [4.78, 5) is 10.5. The number of carbonyl (C=O) groups excluding carboxylic acids is 1. The van der Waals surface area contributed by atoms with Crippen molar-refractivity contribution in [2.24, 2.45) is 0 Å². The molecule has 0 spiro atoms. The maximum absolute atomic E-state index is 10.5. The molecule has 80 valence electrons. The van der Waals surface area contributed by atoms with Gasteiger partial charge in [-0.05, 0) is 36.5 Å². The van der Waals surface area contributed by atoms with Gasteiger partial charge in [-0.3, -0.25) is 0 Å². The Kier molecular flexibility index (Phi) is 2.73. The largest absolute Gasteiger partial charge is 0.550 e. The smallest absolute Gasteiger partial charge is 0.115 e. The molecule has 1 atom stereocenters. The van der Waals surface area contributed by atoms with Crippen molar-refractivity contribution in [3.8, 4) is 0 Å². The molecule has 1 aromatic carbocycles. The van der Waals surface area contributed by atoms with Gasteiger partial charge in [-0.15, -0.1) is 0 Å². The van der Waals surface area contributed by atoms with Gasteiger partial charge in [0.2, 0.25) is 0 Å². The van der Waals surface area contributed by atoms with E-state index in [1.165, 1.54) is 17.5 Å². The van der Waals surface area contributed by atoms with E-state index >= 15 is 0 Å². The average molecular weight is 205 g/mol. The molecule has 0 aromatic heterocycles. The first-order valence-electron chi connectivity index (χ1n) is 5.31. The number of hydrogen-bond donors (Lipinski definition) is 1. The molecule has 0 aliphatic heterocycles. The van der Waals surface area contributed by atoms with Crippen LogP contribution in [0.15, 0.2) is 18.2 Å². The monoisotopic (exact) mass is 205 g/mol. The van der Waals surface area contributed by atoms with Crippen molar-refractivity contribution in [3.63, 3.8) is 0 Å². The number of carboxylic acids is 1. The summed E-state index contributed by atoms with van der Waals surface area (Å²) in [5.74, 6) is -1.03. The van der Waals surface area contributed by atoms with Gasteiger partial charge in [-0.25, -0.2) is 0 Å². The van der Waals surface area contributed by atoms with Gasteiger partial charge in [0, 0.05) is 18.0 Å². The molecule has 1 aromatic rings. The quantitative estimate of drug-likeness (QED) is 0.729. The molecule has 3 heteroatoms. The van der Waals surface area contributed by atoms with E-state index in [1.54, 1.807) is 0 Å². The molecule has 1 aliphatic carbocycles. The number of benzene rings is 1. The van der Waals surface area contributed by atoms with Crippen LogP contribution in [-0.2, 0) is 17.6 Å². The molecule has 0 amide bonds. The van der Waals surface area contributed by atoms with Crippen LogP contribution >= 0.6 is 0 Å². The number of carbonyl (C=O) groups is 1. The van der Waals surface area contributed by atoms with Crippen LogP contribution < -0.4 is 10.8 Å². The zero-order valence-corrected chi connectivity index (χ0v) is 8.66. The normalized spacial score (nSPS) is 16.1. The summed E-state index contributed by atoms with van der Waals surface area (Å²) < 4.78 is 0. The van der Waals surface area contributed by atoms with Crippen LogP contribution in [0, 0.1) is 0 Å². The number of rotatable bonds is 3. The molecule has 0 fully saturated rings. The first-order chi connectivity index (χ1) is 7.16. The maximum atomic E-state index is 10.5. The fraction of sp³-hybridized carbons (Fsp3) is 0.417. The summed E-state index contributed by atoms with van der Waals surface area (Å²) in [6.07, 6.45) is 3.47. The minimum atomic E-state index is -1.03. The minimum absolute atomic E-state index is 0.00120. The zero-order valence-electron chi connectivity index (χ0n) is 8.66. The lowest BCUT2D eigenvalue weighted by atomic mass is 10.00. The number of fused-ring (bicyclic) bond motifs is 1. The SMILES string of the molecule is [NH3+][C@@H](CC(=O)[O-])c1ccc2c(c1)CCC2. The first kappa shape index (κ1) is 10.2. The van der Waals surface area contributed by atoms with E-state index in [9.17, 15) is 9.90 Å². The van der Waals surface area contributed by atoms with E-state index < -0.39 is 5.97 Å². The lowest BCUT2D eigenvalue weighted by Gasteiger charge is -2.11. The van der Waals surface area contributed by atoms with Crippen molar-refractivity contribution >= 4 is 5.97 Å². The third-order valence-electron chi connectivity index (χ3n) is 3.01. The summed E-state index contributed by atoms with van der Waals surface area (Å²) in [5.41, 5.74) is 7.63. The second-order valence-corrected chi connectivity index (χ2v) is 4.15. The highest BCUT2D eigenvalue weighted by Gasteiger charge is 2.15. The Balaban J connectivity index is 2.19. The summed E-state index contributed by atoms with van der Waals surface area (Å²) in [6.45, 7) is 0. The predicted octanol–water partition coefficient (Wildman–Crippen LogP) is -0.402. The van der Waals surface area contributed by atoms with Crippen molar-refractivity contribution < 1.29 is 15.6 Å². The van der Waals surface area contributed by atoms with Gasteiger partial charge < -0.3 is 15.6 Å². The van der Waals surface area contributed by atoms with Gasteiger partial charge in [0.15, 0.2) is 0 Å².